The van der Waals surface area contributed by atoms with Crippen molar-refractivity contribution in [2.75, 3.05) is 6.16 Å². The molecule has 9 atom stereocenters. The molecule has 2 aliphatic heterocycles. The van der Waals surface area contributed by atoms with Crippen LogP contribution in [0.5, 0.6) is 0 Å². The van der Waals surface area contributed by atoms with Crippen LogP contribution in [0.1, 0.15) is 25.1 Å². The molecule has 7 N–H and O–H groups in total. The van der Waals surface area contributed by atoms with Gasteiger partial charge in [0.2, 0.25) is 0 Å². The first-order valence-electron chi connectivity index (χ1n) is 9.97. The molecule has 2 saturated heterocycles. The average Bonchev–Trinajstić information content (AvgIpc) is 3.05. The summed E-state index contributed by atoms with van der Waals surface area (Å²) in [5.41, 5.74) is -1.37. The zero-order valence-electron chi connectivity index (χ0n) is 18.2. The van der Waals surface area contributed by atoms with Crippen molar-refractivity contribution in [2.24, 2.45) is 0 Å². The van der Waals surface area contributed by atoms with Crippen LogP contribution in [0.3, 0.4) is 0 Å². The Morgan fingerprint density at radius 3 is 2.49 bits per heavy atom. The number of nitrogens with zero attached hydrogens (tertiary/aromatic N) is 1. The van der Waals surface area contributed by atoms with Gasteiger partial charge in [-0.1, -0.05) is 0 Å². The lowest BCUT2D eigenvalue weighted by atomic mass is 10.0. The lowest BCUT2D eigenvalue weighted by molar-refractivity contribution is -0.392. The van der Waals surface area contributed by atoms with E-state index in [4.69, 9.17) is 4.74 Å². The van der Waals surface area contributed by atoms with Gasteiger partial charge in [0.15, 0.2) is 11.9 Å². The van der Waals surface area contributed by atoms with Crippen LogP contribution in [0.25, 0.3) is 0 Å². The van der Waals surface area contributed by atoms with Crippen LogP contribution in [0.15, 0.2) is 15.8 Å². The van der Waals surface area contributed by atoms with Crippen LogP contribution in [0, 0.1) is 6.92 Å². The Balaban J connectivity index is 1.70. The maximum atomic E-state index is 12.5. The van der Waals surface area contributed by atoms with Gasteiger partial charge >= 0.3 is 27.1 Å². The summed E-state index contributed by atoms with van der Waals surface area (Å²) in [6.45, 7) is 2.43. The molecular weight excluding hydrogens is 522 g/mol. The molecule has 19 heteroatoms. The Labute approximate surface area is 195 Å². The number of hydrogen-bond donors (Lipinski definition) is 7. The second-order valence-corrected chi connectivity index (χ2v) is 11.5. The number of aromatic amines is 1. The molecule has 3 heterocycles. The van der Waals surface area contributed by atoms with E-state index in [2.05, 4.69) is 13.6 Å². The molecule has 0 aliphatic carbocycles. The van der Waals surface area contributed by atoms with E-state index in [1.54, 1.807) is 0 Å². The Morgan fingerprint density at radius 2 is 1.86 bits per heavy atom. The van der Waals surface area contributed by atoms with Gasteiger partial charge in [0.25, 0.3) is 5.56 Å². The largest absolute Gasteiger partial charge is 0.483 e. The van der Waals surface area contributed by atoms with Gasteiger partial charge < -0.3 is 39.7 Å². The first-order chi connectivity index (χ1) is 15.9. The van der Waals surface area contributed by atoms with Gasteiger partial charge in [0, 0.05) is 18.2 Å². The molecule has 1 aromatic rings. The highest BCUT2D eigenvalue weighted by molar-refractivity contribution is 7.64. The fourth-order valence-corrected chi connectivity index (χ4v) is 6.46. The smallest absolute Gasteiger partial charge is 0.390 e. The normalized spacial score (nSPS) is 37.1. The number of carbonyl (C=O) groups excluding carboxylic acids is 1. The van der Waals surface area contributed by atoms with Crippen molar-refractivity contribution in [3.05, 3.63) is 32.6 Å². The number of rotatable bonds is 7. The number of carbonyl (C=O) groups is 1. The summed E-state index contributed by atoms with van der Waals surface area (Å²) >= 11 is 0. The van der Waals surface area contributed by atoms with Gasteiger partial charge in [0.05, 0.1) is 18.4 Å². The molecule has 17 nitrogen and oxygen atoms in total. The Kier molecular flexibility index (Phi) is 7.76. The number of phosphoric acid groups is 1. The van der Waals surface area contributed by atoms with E-state index in [-0.39, 0.29) is 12.0 Å². The fourth-order valence-electron chi connectivity index (χ4n) is 3.51. The predicted molar refractivity (Wildman–Crippen MR) is 110 cm³/mol. The van der Waals surface area contributed by atoms with Crippen LogP contribution in [-0.4, -0.2) is 88.2 Å². The highest BCUT2D eigenvalue weighted by atomic mass is 31.3. The molecule has 0 bridgehead atoms. The number of hydrogen-bond acceptors (Lipinski definition) is 13. The van der Waals surface area contributed by atoms with E-state index in [0.717, 1.165) is 17.7 Å². The second kappa shape index (κ2) is 9.70. The van der Waals surface area contributed by atoms with Crippen LogP contribution in [-0.2, 0) is 32.2 Å². The van der Waals surface area contributed by atoms with E-state index in [0.29, 0.717) is 0 Å². The summed E-state index contributed by atoms with van der Waals surface area (Å²) in [6, 6.07) is 0. The van der Waals surface area contributed by atoms with E-state index in [9.17, 15) is 53.7 Å². The molecule has 0 amide bonds. The summed E-state index contributed by atoms with van der Waals surface area (Å²) in [6.07, 6.45) is -10.7. The Hall–Kier alpha value is -1.59. The Bertz CT molecular complexity index is 1200. The molecule has 0 saturated carbocycles. The highest BCUT2D eigenvalue weighted by Gasteiger charge is 2.57. The van der Waals surface area contributed by atoms with Crippen molar-refractivity contribution in [2.45, 2.75) is 63.0 Å². The van der Waals surface area contributed by atoms with Gasteiger partial charge in [-0.25, -0.2) is 18.2 Å². The third-order valence-corrected chi connectivity index (χ3v) is 8.42. The minimum Gasteiger partial charge on any atom is -0.390 e. The van der Waals surface area contributed by atoms with Crippen molar-refractivity contribution < 1.29 is 62.4 Å². The quantitative estimate of drug-likeness (QED) is 0.134. The number of Topliss-reactive ketones (excluding diaryl/α,β-unsaturated/α-hetero) is 1. The van der Waals surface area contributed by atoms with Gasteiger partial charge in [-0.15, -0.1) is 0 Å². The van der Waals surface area contributed by atoms with Crippen LogP contribution < -0.4 is 11.2 Å². The van der Waals surface area contributed by atoms with Crippen molar-refractivity contribution in [1.29, 1.82) is 0 Å². The molecule has 2 aliphatic rings. The van der Waals surface area contributed by atoms with Gasteiger partial charge in [-0.2, -0.15) is 0 Å². The summed E-state index contributed by atoms with van der Waals surface area (Å²) in [5, 5.41) is 39.8. The van der Waals surface area contributed by atoms with Gasteiger partial charge in [-0.05, 0) is 13.8 Å². The Morgan fingerprint density at radius 1 is 1.23 bits per heavy atom. The molecule has 2 fully saturated rings. The standard InChI is InChI=1S/C16H24N2O15P2/c1-6-4-18(15(24)17-14(6)23)10-3-8(19)9(30-10)5-34(26,27)33-35(28,29)32-16(25)13(22)12(21)11(20)7(2)31-16/h4,7-10,12-13,19,21-22,25H,3,5H2,1-2H3,(H,26,27)(H,28,29)(H,17,23,24)/t7-,8+,9-,10-,12+,13-,16-/m1/s1. The first-order valence-corrected chi connectivity index (χ1v) is 13.2. The summed E-state index contributed by atoms with van der Waals surface area (Å²) < 4.78 is 44.2. The number of aryl methyl sites for hydroxylation is 1. The molecular formula is C16H24N2O15P2. The summed E-state index contributed by atoms with van der Waals surface area (Å²) in [4.78, 5) is 57.1. The van der Waals surface area contributed by atoms with Crippen molar-refractivity contribution in [3.63, 3.8) is 0 Å². The zero-order chi connectivity index (χ0) is 26.5. The molecule has 0 spiro atoms. The monoisotopic (exact) mass is 546 g/mol. The highest BCUT2D eigenvalue weighted by Crippen LogP contribution is 2.62. The molecule has 35 heavy (non-hydrogen) atoms. The van der Waals surface area contributed by atoms with E-state index in [1.165, 1.54) is 6.92 Å². The maximum absolute atomic E-state index is 12.5. The van der Waals surface area contributed by atoms with Crippen LogP contribution in [0.2, 0.25) is 0 Å². The van der Waals surface area contributed by atoms with Crippen molar-refractivity contribution >= 4 is 21.2 Å². The number of ketones is 1. The van der Waals surface area contributed by atoms with Crippen molar-refractivity contribution in [3.8, 4) is 0 Å². The lowest BCUT2D eigenvalue weighted by Crippen LogP contribution is -2.62. The number of nitrogens with one attached hydrogen (secondary N) is 1. The zero-order valence-corrected chi connectivity index (χ0v) is 19.9. The third-order valence-electron chi connectivity index (χ3n) is 5.26. The number of ether oxygens (including phenoxy) is 2. The molecule has 3 rings (SSSR count). The molecule has 0 aromatic carbocycles. The number of phosphoric ester groups is 1. The molecule has 0 radical (unpaired) electrons. The minimum atomic E-state index is -5.73. The van der Waals surface area contributed by atoms with E-state index < -0.39 is 81.3 Å². The topological polar surface area (TPSA) is 264 Å². The molecule has 2 unspecified atom stereocenters. The summed E-state index contributed by atoms with van der Waals surface area (Å²) in [5.74, 6) is -4.54. The van der Waals surface area contributed by atoms with Crippen LogP contribution in [0.4, 0.5) is 0 Å². The molecule has 1 aromatic heterocycles. The lowest BCUT2D eigenvalue weighted by Gasteiger charge is -2.40. The maximum Gasteiger partial charge on any atom is 0.483 e. The van der Waals surface area contributed by atoms with E-state index in [1.807, 2.05) is 4.98 Å². The second-order valence-electron chi connectivity index (χ2n) is 8.06. The predicted octanol–water partition coefficient (Wildman–Crippen LogP) is -2.83. The van der Waals surface area contributed by atoms with Crippen LogP contribution >= 0.6 is 15.4 Å². The first kappa shape index (κ1) is 28.0. The summed E-state index contributed by atoms with van der Waals surface area (Å²) in [7, 11) is -10.9. The number of aromatic nitrogens is 2. The number of aliphatic hydroxyl groups is 4. The molecule has 198 valence electrons. The van der Waals surface area contributed by atoms with E-state index >= 15 is 0 Å². The number of aliphatic hydroxyl groups excluding tert-OH is 3. The van der Waals surface area contributed by atoms with Crippen molar-refractivity contribution in [1.82, 2.24) is 9.55 Å². The minimum absolute atomic E-state index is 0.145. The average molecular weight is 546 g/mol. The SMILES string of the molecule is Cc1cn([C@H]2C[C@H](O)[C@@H](CP(=O)(O)OP(=O)(O)O[C@]3(O)O[C@H](C)C(=O)[C@H](O)[C@H]3O)O2)c(=O)[nH]c1=O. The third kappa shape index (κ3) is 6.05. The fraction of sp³-hybridized carbons (Fsp3) is 0.688. The number of H-pyrrole nitrogens is 1. The van der Waals surface area contributed by atoms with Gasteiger partial charge in [-0.3, -0.25) is 23.7 Å². The van der Waals surface area contributed by atoms with Gasteiger partial charge in [0.1, 0.15) is 18.4 Å².